The SMILES string of the molecule is CCOCCOc1ccccc1NC(=O)c1ccco1. The van der Waals surface area contributed by atoms with Crippen LogP contribution in [0.25, 0.3) is 0 Å². The van der Waals surface area contributed by atoms with E-state index in [1.165, 1.54) is 6.26 Å². The minimum atomic E-state index is -0.309. The smallest absolute Gasteiger partial charge is 0.291 e. The summed E-state index contributed by atoms with van der Waals surface area (Å²) in [6, 6.07) is 10.5. The van der Waals surface area contributed by atoms with E-state index in [-0.39, 0.29) is 11.7 Å². The van der Waals surface area contributed by atoms with Crippen LogP contribution in [0.15, 0.2) is 47.1 Å². The minimum absolute atomic E-state index is 0.258. The van der Waals surface area contributed by atoms with Crippen molar-refractivity contribution in [2.75, 3.05) is 25.1 Å². The lowest BCUT2D eigenvalue weighted by Crippen LogP contribution is -2.13. The van der Waals surface area contributed by atoms with Gasteiger partial charge in [-0.25, -0.2) is 0 Å². The highest BCUT2D eigenvalue weighted by Gasteiger charge is 2.11. The van der Waals surface area contributed by atoms with E-state index < -0.39 is 0 Å². The van der Waals surface area contributed by atoms with Gasteiger partial charge in [-0.15, -0.1) is 0 Å². The minimum Gasteiger partial charge on any atom is -0.489 e. The molecule has 1 N–H and O–H groups in total. The van der Waals surface area contributed by atoms with Crippen molar-refractivity contribution < 1.29 is 18.7 Å². The molecule has 0 unspecified atom stereocenters. The van der Waals surface area contributed by atoms with E-state index in [9.17, 15) is 4.79 Å². The lowest BCUT2D eigenvalue weighted by molar-refractivity contribution is 0.0994. The molecule has 0 saturated carbocycles. The van der Waals surface area contributed by atoms with E-state index in [1.807, 2.05) is 19.1 Å². The van der Waals surface area contributed by atoms with Gasteiger partial charge in [-0.05, 0) is 31.2 Å². The van der Waals surface area contributed by atoms with Crippen LogP contribution < -0.4 is 10.1 Å². The van der Waals surface area contributed by atoms with Crippen LogP contribution in [0, 0.1) is 0 Å². The number of ether oxygens (including phenoxy) is 2. The van der Waals surface area contributed by atoms with Crippen LogP contribution >= 0.6 is 0 Å². The predicted molar refractivity (Wildman–Crippen MR) is 75.1 cm³/mol. The van der Waals surface area contributed by atoms with Crippen molar-refractivity contribution in [1.82, 2.24) is 0 Å². The third-order valence-electron chi connectivity index (χ3n) is 2.57. The molecule has 1 aromatic heterocycles. The van der Waals surface area contributed by atoms with Gasteiger partial charge in [-0.3, -0.25) is 4.79 Å². The molecule has 1 heterocycles. The molecule has 0 aliphatic heterocycles. The van der Waals surface area contributed by atoms with Crippen molar-refractivity contribution in [2.45, 2.75) is 6.92 Å². The largest absolute Gasteiger partial charge is 0.489 e. The van der Waals surface area contributed by atoms with Crippen molar-refractivity contribution >= 4 is 11.6 Å². The number of hydrogen-bond donors (Lipinski definition) is 1. The first-order valence-corrected chi connectivity index (χ1v) is 6.45. The van der Waals surface area contributed by atoms with Gasteiger partial charge in [0.2, 0.25) is 0 Å². The molecule has 2 rings (SSSR count). The van der Waals surface area contributed by atoms with Crippen LogP contribution in [-0.4, -0.2) is 25.7 Å². The van der Waals surface area contributed by atoms with Crippen molar-refractivity contribution in [1.29, 1.82) is 0 Å². The van der Waals surface area contributed by atoms with Crippen molar-refractivity contribution in [2.24, 2.45) is 0 Å². The zero-order valence-electron chi connectivity index (χ0n) is 11.3. The van der Waals surface area contributed by atoms with Gasteiger partial charge < -0.3 is 19.2 Å². The molecule has 0 saturated heterocycles. The van der Waals surface area contributed by atoms with E-state index in [2.05, 4.69) is 5.32 Å². The number of carbonyl (C=O) groups excluding carboxylic acids is 1. The fourth-order valence-electron chi connectivity index (χ4n) is 1.64. The van der Waals surface area contributed by atoms with E-state index in [0.717, 1.165) is 0 Å². The van der Waals surface area contributed by atoms with Gasteiger partial charge >= 0.3 is 0 Å². The molecule has 0 aliphatic rings. The summed E-state index contributed by atoms with van der Waals surface area (Å²) in [6.45, 7) is 3.52. The summed E-state index contributed by atoms with van der Waals surface area (Å²) in [6.07, 6.45) is 1.46. The molecular weight excluding hydrogens is 258 g/mol. The number of hydrogen-bond acceptors (Lipinski definition) is 4. The zero-order chi connectivity index (χ0) is 14.2. The molecule has 0 radical (unpaired) electrons. The Morgan fingerprint density at radius 2 is 2.05 bits per heavy atom. The molecule has 5 nitrogen and oxygen atoms in total. The number of nitrogens with one attached hydrogen (secondary N) is 1. The number of amides is 1. The van der Waals surface area contributed by atoms with Crippen LogP contribution in [0.4, 0.5) is 5.69 Å². The average molecular weight is 275 g/mol. The van der Waals surface area contributed by atoms with Gasteiger partial charge in [0, 0.05) is 6.61 Å². The summed E-state index contributed by atoms with van der Waals surface area (Å²) >= 11 is 0. The molecule has 0 bridgehead atoms. The monoisotopic (exact) mass is 275 g/mol. The second-order valence-electron chi connectivity index (χ2n) is 3.97. The lowest BCUT2D eigenvalue weighted by atomic mass is 10.3. The lowest BCUT2D eigenvalue weighted by Gasteiger charge is -2.11. The fraction of sp³-hybridized carbons (Fsp3) is 0.267. The van der Waals surface area contributed by atoms with Gasteiger partial charge in [0.15, 0.2) is 5.76 Å². The Morgan fingerprint density at radius 3 is 2.80 bits per heavy atom. The molecule has 0 fully saturated rings. The third kappa shape index (κ3) is 3.86. The Hall–Kier alpha value is -2.27. The molecule has 5 heteroatoms. The molecule has 0 atom stereocenters. The van der Waals surface area contributed by atoms with Crippen molar-refractivity contribution in [3.63, 3.8) is 0 Å². The molecule has 20 heavy (non-hydrogen) atoms. The van der Waals surface area contributed by atoms with Crippen LogP contribution in [0.3, 0.4) is 0 Å². The Labute approximate surface area is 117 Å². The Kier molecular flexibility index (Phi) is 5.20. The van der Waals surface area contributed by atoms with Crippen LogP contribution in [0.5, 0.6) is 5.75 Å². The summed E-state index contributed by atoms with van der Waals surface area (Å²) in [5.41, 5.74) is 0.602. The van der Waals surface area contributed by atoms with Gasteiger partial charge in [-0.1, -0.05) is 12.1 Å². The highest BCUT2D eigenvalue weighted by molar-refractivity contribution is 6.03. The van der Waals surface area contributed by atoms with Crippen LogP contribution in [-0.2, 0) is 4.74 Å². The molecule has 2 aromatic rings. The van der Waals surface area contributed by atoms with Gasteiger partial charge in [-0.2, -0.15) is 0 Å². The third-order valence-corrected chi connectivity index (χ3v) is 2.57. The number of benzene rings is 1. The second-order valence-corrected chi connectivity index (χ2v) is 3.97. The quantitative estimate of drug-likeness (QED) is 0.789. The first-order valence-electron chi connectivity index (χ1n) is 6.45. The van der Waals surface area contributed by atoms with E-state index in [0.29, 0.717) is 31.3 Å². The van der Waals surface area contributed by atoms with Gasteiger partial charge in [0.25, 0.3) is 5.91 Å². The van der Waals surface area contributed by atoms with E-state index in [1.54, 1.807) is 24.3 Å². The molecular formula is C15H17NO4. The average Bonchev–Trinajstić information content (AvgIpc) is 2.99. The fourth-order valence-corrected chi connectivity index (χ4v) is 1.64. The number of furan rings is 1. The molecule has 0 spiro atoms. The van der Waals surface area contributed by atoms with Gasteiger partial charge in [0.05, 0.1) is 18.6 Å². The summed E-state index contributed by atoms with van der Waals surface area (Å²) in [5.74, 6) is 0.553. The number of carbonyl (C=O) groups is 1. The number of rotatable bonds is 7. The van der Waals surface area contributed by atoms with Crippen LogP contribution in [0.2, 0.25) is 0 Å². The Bertz CT molecular complexity index is 537. The maximum Gasteiger partial charge on any atom is 0.291 e. The maximum atomic E-state index is 11.9. The highest BCUT2D eigenvalue weighted by Crippen LogP contribution is 2.24. The Morgan fingerprint density at radius 1 is 1.20 bits per heavy atom. The van der Waals surface area contributed by atoms with E-state index in [4.69, 9.17) is 13.9 Å². The van der Waals surface area contributed by atoms with Gasteiger partial charge in [0.1, 0.15) is 12.4 Å². The van der Waals surface area contributed by atoms with Crippen molar-refractivity contribution in [3.8, 4) is 5.75 Å². The predicted octanol–water partition coefficient (Wildman–Crippen LogP) is 2.95. The normalized spacial score (nSPS) is 10.2. The Balaban J connectivity index is 1.98. The summed E-state index contributed by atoms with van der Waals surface area (Å²) in [7, 11) is 0. The second kappa shape index (κ2) is 7.35. The number of para-hydroxylation sites is 2. The maximum absolute atomic E-state index is 11.9. The highest BCUT2D eigenvalue weighted by atomic mass is 16.5. The van der Waals surface area contributed by atoms with E-state index >= 15 is 0 Å². The first-order chi connectivity index (χ1) is 9.81. The number of anilines is 1. The summed E-state index contributed by atoms with van der Waals surface area (Å²) < 4.78 is 15.8. The molecule has 1 aromatic carbocycles. The summed E-state index contributed by atoms with van der Waals surface area (Å²) in [4.78, 5) is 11.9. The topological polar surface area (TPSA) is 60.7 Å². The first kappa shape index (κ1) is 14.1. The molecule has 106 valence electrons. The zero-order valence-corrected chi connectivity index (χ0v) is 11.3. The molecule has 1 amide bonds. The summed E-state index contributed by atoms with van der Waals surface area (Å²) in [5, 5.41) is 2.76. The molecule has 0 aliphatic carbocycles. The standard InChI is InChI=1S/C15H17NO4/c1-2-18-10-11-20-13-7-4-3-6-12(13)16-15(17)14-8-5-9-19-14/h3-9H,2,10-11H2,1H3,(H,16,17). The van der Waals surface area contributed by atoms with Crippen LogP contribution in [0.1, 0.15) is 17.5 Å². The van der Waals surface area contributed by atoms with Crippen molar-refractivity contribution in [3.05, 3.63) is 48.4 Å².